The van der Waals surface area contributed by atoms with Crippen LogP contribution < -0.4 is 5.32 Å². The van der Waals surface area contributed by atoms with Gasteiger partial charge in [0.05, 0.1) is 5.69 Å². The van der Waals surface area contributed by atoms with Crippen LogP contribution in [0.3, 0.4) is 0 Å². The zero-order valence-electron chi connectivity index (χ0n) is 11.8. The van der Waals surface area contributed by atoms with Gasteiger partial charge in [-0.15, -0.1) is 0 Å². The van der Waals surface area contributed by atoms with Gasteiger partial charge in [-0.25, -0.2) is 0 Å². The second-order valence-corrected chi connectivity index (χ2v) is 5.64. The van der Waals surface area contributed by atoms with Crippen molar-refractivity contribution >= 4 is 0 Å². The summed E-state index contributed by atoms with van der Waals surface area (Å²) in [5.41, 5.74) is 2.55. The van der Waals surface area contributed by atoms with Gasteiger partial charge >= 0.3 is 0 Å². The highest BCUT2D eigenvalue weighted by atomic mass is 15.1. The molecule has 2 rings (SSSR count). The van der Waals surface area contributed by atoms with Gasteiger partial charge in [-0.05, 0) is 31.5 Å². The normalized spacial score (nSPS) is 16.3. The minimum atomic E-state index is 0.516. The summed E-state index contributed by atoms with van der Waals surface area (Å²) in [5.74, 6) is 0. The molecule has 1 aromatic rings. The van der Waals surface area contributed by atoms with Crippen molar-refractivity contribution < 1.29 is 0 Å². The van der Waals surface area contributed by atoms with Gasteiger partial charge in [0.15, 0.2) is 0 Å². The number of nitrogens with zero attached hydrogens (tertiary/aromatic N) is 2. The van der Waals surface area contributed by atoms with Crippen LogP contribution in [0.1, 0.15) is 44.4 Å². The standard InChI is InChI=1S/C15H25N3/c1-12(2)17-10-13-6-5-9-16-15(13)11-18(3)14-7-4-8-14/h5-6,9,12,14,17H,4,7-8,10-11H2,1-3H3. The Labute approximate surface area is 111 Å². The lowest BCUT2D eigenvalue weighted by molar-refractivity contribution is 0.150. The van der Waals surface area contributed by atoms with Crippen molar-refractivity contribution in [2.75, 3.05) is 7.05 Å². The van der Waals surface area contributed by atoms with Crippen molar-refractivity contribution in [3.63, 3.8) is 0 Å². The topological polar surface area (TPSA) is 28.2 Å². The second-order valence-electron chi connectivity index (χ2n) is 5.64. The smallest absolute Gasteiger partial charge is 0.0588 e. The molecule has 1 aliphatic rings. The SMILES string of the molecule is CC(C)NCc1cccnc1CN(C)C1CCC1. The van der Waals surface area contributed by atoms with Crippen LogP contribution in [-0.2, 0) is 13.1 Å². The third-order valence-electron chi connectivity index (χ3n) is 3.78. The average molecular weight is 247 g/mol. The summed E-state index contributed by atoms with van der Waals surface area (Å²) in [7, 11) is 2.22. The van der Waals surface area contributed by atoms with Crippen LogP contribution >= 0.6 is 0 Å². The van der Waals surface area contributed by atoms with Gasteiger partial charge in [0.1, 0.15) is 0 Å². The molecule has 3 nitrogen and oxygen atoms in total. The minimum Gasteiger partial charge on any atom is -0.310 e. The van der Waals surface area contributed by atoms with E-state index in [0.717, 1.165) is 19.1 Å². The molecular formula is C15H25N3. The van der Waals surface area contributed by atoms with E-state index in [2.05, 4.69) is 42.2 Å². The zero-order chi connectivity index (χ0) is 13.0. The Balaban J connectivity index is 1.97. The molecular weight excluding hydrogens is 222 g/mol. The highest BCUT2D eigenvalue weighted by Gasteiger charge is 2.22. The summed E-state index contributed by atoms with van der Waals surface area (Å²) in [6.45, 7) is 6.24. The van der Waals surface area contributed by atoms with Crippen LogP contribution in [-0.4, -0.2) is 29.0 Å². The van der Waals surface area contributed by atoms with Crippen molar-refractivity contribution in [1.29, 1.82) is 0 Å². The summed E-state index contributed by atoms with van der Waals surface area (Å²) in [5, 5.41) is 3.47. The van der Waals surface area contributed by atoms with Crippen LogP contribution in [0, 0.1) is 0 Å². The third kappa shape index (κ3) is 3.53. The molecule has 1 heterocycles. The lowest BCUT2D eigenvalue weighted by Gasteiger charge is -2.34. The molecule has 0 atom stereocenters. The van der Waals surface area contributed by atoms with Crippen LogP contribution in [0.2, 0.25) is 0 Å². The summed E-state index contributed by atoms with van der Waals surface area (Å²) in [4.78, 5) is 7.00. The average Bonchev–Trinajstić information content (AvgIpc) is 2.25. The molecule has 1 aromatic heterocycles. The van der Waals surface area contributed by atoms with E-state index in [4.69, 9.17) is 0 Å². The van der Waals surface area contributed by atoms with Gasteiger partial charge in [0, 0.05) is 31.4 Å². The van der Waals surface area contributed by atoms with Gasteiger partial charge in [-0.2, -0.15) is 0 Å². The molecule has 1 fully saturated rings. The zero-order valence-corrected chi connectivity index (χ0v) is 11.8. The molecule has 3 heteroatoms. The van der Waals surface area contributed by atoms with E-state index in [1.54, 1.807) is 0 Å². The summed E-state index contributed by atoms with van der Waals surface area (Å²) < 4.78 is 0. The Morgan fingerprint density at radius 1 is 1.44 bits per heavy atom. The molecule has 0 spiro atoms. The van der Waals surface area contributed by atoms with Gasteiger partial charge < -0.3 is 5.32 Å². The molecule has 0 radical (unpaired) electrons. The lowest BCUT2D eigenvalue weighted by atomic mass is 9.91. The molecule has 100 valence electrons. The molecule has 0 bridgehead atoms. The highest BCUT2D eigenvalue weighted by molar-refractivity contribution is 5.19. The van der Waals surface area contributed by atoms with Crippen molar-refractivity contribution in [2.24, 2.45) is 0 Å². The Morgan fingerprint density at radius 2 is 2.22 bits per heavy atom. The van der Waals surface area contributed by atoms with Crippen molar-refractivity contribution in [3.8, 4) is 0 Å². The first-order valence-corrected chi connectivity index (χ1v) is 7.03. The number of pyridine rings is 1. The van der Waals surface area contributed by atoms with Crippen molar-refractivity contribution in [1.82, 2.24) is 15.2 Å². The monoisotopic (exact) mass is 247 g/mol. The maximum absolute atomic E-state index is 4.56. The first-order valence-electron chi connectivity index (χ1n) is 7.03. The summed E-state index contributed by atoms with van der Waals surface area (Å²) in [6.07, 6.45) is 5.99. The van der Waals surface area contributed by atoms with E-state index >= 15 is 0 Å². The molecule has 18 heavy (non-hydrogen) atoms. The predicted octanol–water partition coefficient (Wildman–Crippen LogP) is 2.56. The van der Waals surface area contributed by atoms with E-state index in [0.29, 0.717) is 6.04 Å². The van der Waals surface area contributed by atoms with Gasteiger partial charge in [0.2, 0.25) is 0 Å². The third-order valence-corrected chi connectivity index (χ3v) is 3.78. The number of hydrogen-bond donors (Lipinski definition) is 1. The Morgan fingerprint density at radius 3 is 2.83 bits per heavy atom. The minimum absolute atomic E-state index is 0.516. The molecule has 1 aliphatic carbocycles. The van der Waals surface area contributed by atoms with Crippen LogP contribution in [0.5, 0.6) is 0 Å². The van der Waals surface area contributed by atoms with Gasteiger partial charge in [0.25, 0.3) is 0 Å². The maximum atomic E-state index is 4.56. The van der Waals surface area contributed by atoms with Crippen LogP contribution in [0.4, 0.5) is 0 Å². The van der Waals surface area contributed by atoms with E-state index < -0.39 is 0 Å². The number of hydrogen-bond acceptors (Lipinski definition) is 3. The molecule has 0 unspecified atom stereocenters. The molecule has 1 N–H and O–H groups in total. The lowest BCUT2D eigenvalue weighted by Crippen LogP contribution is -2.37. The van der Waals surface area contributed by atoms with Crippen LogP contribution in [0.15, 0.2) is 18.3 Å². The van der Waals surface area contributed by atoms with E-state index in [1.807, 2.05) is 12.3 Å². The maximum Gasteiger partial charge on any atom is 0.0588 e. The van der Waals surface area contributed by atoms with Crippen molar-refractivity contribution in [2.45, 2.75) is 58.3 Å². The molecule has 0 amide bonds. The fourth-order valence-electron chi connectivity index (χ4n) is 2.28. The Kier molecular flexibility index (Phi) is 4.72. The van der Waals surface area contributed by atoms with E-state index in [9.17, 15) is 0 Å². The number of rotatable bonds is 6. The van der Waals surface area contributed by atoms with E-state index in [-0.39, 0.29) is 0 Å². The molecule has 0 aromatic carbocycles. The summed E-state index contributed by atoms with van der Waals surface area (Å²) >= 11 is 0. The first kappa shape index (κ1) is 13.5. The van der Waals surface area contributed by atoms with Crippen LogP contribution in [0.25, 0.3) is 0 Å². The molecule has 1 saturated carbocycles. The largest absolute Gasteiger partial charge is 0.310 e. The Bertz CT molecular complexity index is 372. The second kappa shape index (κ2) is 6.30. The van der Waals surface area contributed by atoms with Gasteiger partial charge in [-0.3, -0.25) is 9.88 Å². The van der Waals surface area contributed by atoms with E-state index in [1.165, 1.54) is 30.5 Å². The quantitative estimate of drug-likeness (QED) is 0.837. The van der Waals surface area contributed by atoms with Crippen molar-refractivity contribution in [3.05, 3.63) is 29.6 Å². The fraction of sp³-hybridized carbons (Fsp3) is 0.667. The first-order chi connectivity index (χ1) is 8.66. The summed E-state index contributed by atoms with van der Waals surface area (Å²) in [6, 6.07) is 5.51. The predicted molar refractivity (Wildman–Crippen MR) is 75.3 cm³/mol. The molecule has 0 saturated heterocycles. The van der Waals surface area contributed by atoms with Gasteiger partial charge in [-0.1, -0.05) is 26.3 Å². The number of nitrogens with one attached hydrogen (secondary N) is 1. The number of aromatic nitrogens is 1. The molecule has 0 aliphatic heterocycles. The fourth-order valence-corrected chi connectivity index (χ4v) is 2.28. The highest BCUT2D eigenvalue weighted by Crippen LogP contribution is 2.24. The Hall–Kier alpha value is -0.930.